The van der Waals surface area contributed by atoms with Crippen molar-refractivity contribution in [1.82, 2.24) is 15.3 Å². The maximum Gasteiger partial charge on any atom is 0.319 e. The van der Waals surface area contributed by atoms with Crippen LogP contribution in [0.15, 0.2) is 30.7 Å². The zero-order valence-electron chi connectivity index (χ0n) is 13.5. The molecule has 2 heterocycles. The molecule has 2 aromatic rings. The SMILES string of the molecule is O=C(NCc1cccnc1OC1CCCC1)Nc1cncc(Cl)c1Cl. The Morgan fingerprint density at radius 2 is 2.08 bits per heavy atom. The summed E-state index contributed by atoms with van der Waals surface area (Å²) < 4.78 is 5.96. The van der Waals surface area contributed by atoms with Crippen molar-refractivity contribution in [2.24, 2.45) is 0 Å². The monoisotopic (exact) mass is 380 g/mol. The number of urea groups is 1. The van der Waals surface area contributed by atoms with Crippen LogP contribution in [-0.4, -0.2) is 22.1 Å². The van der Waals surface area contributed by atoms with E-state index in [9.17, 15) is 4.79 Å². The van der Waals surface area contributed by atoms with Gasteiger partial charge < -0.3 is 15.4 Å². The molecule has 1 saturated carbocycles. The number of hydrogen-bond acceptors (Lipinski definition) is 4. The molecule has 0 unspecified atom stereocenters. The predicted octanol–water partition coefficient (Wildman–Crippen LogP) is 4.43. The lowest BCUT2D eigenvalue weighted by molar-refractivity contribution is 0.199. The fourth-order valence-corrected chi connectivity index (χ4v) is 2.98. The van der Waals surface area contributed by atoms with Gasteiger partial charge in [-0.25, -0.2) is 9.78 Å². The number of anilines is 1. The average molecular weight is 381 g/mol. The number of nitrogens with zero attached hydrogens (tertiary/aromatic N) is 2. The molecule has 2 N–H and O–H groups in total. The Morgan fingerprint density at radius 3 is 2.88 bits per heavy atom. The number of carbonyl (C=O) groups is 1. The molecule has 0 bridgehead atoms. The summed E-state index contributed by atoms with van der Waals surface area (Å²) in [6.45, 7) is 0.285. The van der Waals surface area contributed by atoms with Crippen LogP contribution in [0.1, 0.15) is 31.2 Å². The van der Waals surface area contributed by atoms with Crippen LogP contribution in [0.2, 0.25) is 10.0 Å². The first kappa shape index (κ1) is 17.8. The van der Waals surface area contributed by atoms with Gasteiger partial charge in [0.25, 0.3) is 0 Å². The Morgan fingerprint density at radius 1 is 1.28 bits per heavy atom. The van der Waals surface area contributed by atoms with Crippen molar-refractivity contribution >= 4 is 34.9 Å². The van der Waals surface area contributed by atoms with Crippen LogP contribution in [0.3, 0.4) is 0 Å². The van der Waals surface area contributed by atoms with Gasteiger partial charge in [0.1, 0.15) is 6.10 Å². The third-order valence-electron chi connectivity index (χ3n) is 3.96. The van der Waals surface area contributed by atoms with Crippen LogP contribution in [0.4, 0.5) is 10.5 Å². The number of carbonyl (C=O) groups excluding carboxylic acids is 1. The maximum absolute atomic E-state index is 12.1. The third-order valence-corrected chi connectivity index (χ3v) is 4.75. The molecule has 1 aliphatic carbocycles. The number of ether oxygens (including phenoxy) is 1. The lowest BCUT2D eigenvalue weighted by Crippen LogP contribution is -2.29. The highest BCUT2D eigenvalue weighted by molar-refractivity contribution is 6.43. The molecule has 8 heteroatoms. The van der Waals surface area contributed by atoms with Gasteiger partial charge in [-0.15, -0.1) is 0 Å². The van der Waals surface area contributed by atoms with Crippen molar-refractivity contribution in [2.75, 3.05) is 5.32 Å². The first-order valence-electron chi connectivity index (χ1n) is 8.08. The van der Waals surface area contributed by atoms with Gasteiger partial charge in [-0.3, -0.25) is 4.98 Å². The Kier molecular flexibility index (Phi) is 5.94. The Hall–Kier alpha value is -2.05. The molecule has 0 spiro atoms. The molecule has 6 nitrogen and oxygen atoms in total. The van der Waals surface area contributed by atoms with Crippen LogP contribution in [-0.2, 0) is 6.54 Å². The van der Waals surface area contributed by atoms with Gasteiger partial charge in [0.2, 0.25) is 5.88 Å². The molecule has 3 rings (SSSR count). The van der Waals surface area contributed by atoms with E-state index in [1.807, 2.05) is 12.1 Å². The quantitative estimate of drug-likeness (QED) is 0.804. The second-order valence-electron chi connectivity index (χ2n) is 5.78. The molecule has 2 amide bonds. The number of hydrogen-bond donors (Lipinski definition) is 2. The molecule has 1 aliphatic rings. The Labute approximate surface area is 155 Å². The van der Waals surface area contributed by atoms with E-state index in [0.29, 0.717) is 11.6 Å². The molecule has 1 fully saturated rings. The summed E-state index contributed by atoms with van der Waals surface area (Å²) in [5.74, 6) is 0.567. The van der Waals surface area contributed by atoms with Crippen molar-refractivity contribution < 1.29 is 9.53 Å². The zero-order valence-corrected chi connectivity index (χ0v) is 15.0. The summed E-state index contributed by atoms with van der Waals surface area (Å²) in [4.78, 5) is 20.3. The first-order valence-corrected chi connectivity index (χ1v) is 8.83. The summed E-state index contributed by atoms with van der Waals surface area (Å²) in [5, 5.41) is 5.91. The standard InChI is InChI=1S/C17H18Cl2N4O2/c18-13-9-20-10-14(15(13)19)23-17(24)22-8-11-4-3-7-21-16(11)25-12-5-1-2-6-12/h3-4,7,9-10,12H,1-2,5-6,8H2,(H2,22,23,24). The lowest BCUT2D eigenvalue weighted by atomic mass is 10.2. The van der Waals surface area contributed by atoms with E-state index >= 15 is 0 Å². The number of halogens is 2. The molecule has 0 atom stereocenters. The van der Waals surface area contributed by atoms with Crippen molar-refractivity contribution in [2.45, 2.75) is 38.3 Å². The number of amides is 2. The van der Waals surface area contributed by atoms with Gasteiger partial charge in [-0.2, -0.15) is 0 Å². The minimum absolute atomic E-state index is 0.207. The number of aromatic nitrogens is 2. The van der Waals surface area contributed by atoms with E-state index in [1.165, 1.54) is 25.2 Å². The van der Waals surface area contributed by atoms with Crippen LogP contribution in [0.25, 0.3) is 0 Å². The van der Waals surface area contributed by atoms with E-state index < -0.39 is 6.03 Å². The van der Waals surface area contributed by atoms with Crippen molar-refractivity contribution in [3.05, 3.63) is 46.3 Å². The molecule has 25 heavy (non-hydrogen) atoms. The van der Waals surface area contributed by atoms with E-state index in [4.69, 9.17) is 27.9 Å². The number of rotatable bonds is 5. The molecule has 0 aliphatic heterocycles. The zero-order chi connectivity index (χ0) is 17.6. The van der Waals surface area contributed by atoms with Gasteiger partial charge in [-0.05, 0) is 31.7 Å². The van der Waals surface area contributed by atoms with Gasteiger partial charge in [-0.1, -0.05) is 29.3 Å². The second-order valence-corrected chi connectivity index (χ2v) is 6.57. The highest BCUT2D eigenvalue weighted by Crippen LogP contribution is 2.28. The largest absolute Gasteiger partial charge is 0.474 e. The maximum atomic E-state index is 12.1. The smallest absolute Gasteiger partial charge is 0.319 e. The molecule has 0 radical (unpaired) electrons. The molecule has 0 aromatic carbocycles. The minimum atomic E-state index is -0.415. The number of pyridine rings is 2. The number of nitrogens with one attached hydrogen (secondary N) is 2. The second kappa shape index (κ2) is 8.36. The fraction of sp³-hybridized carbons (Fsp3) is 0.353. The Bertz CT molecular complexity index is 751. The van der Waals surface area contributed by atoms with Gasteiger partial charge in [0.15, 0.2) is 0 Å². The van der Waals surface area contributed by atoms with E-state index in [0.717, 1.165) is 18.4 Å². The molecular formula is C17H18Cl2N4O2. The van der Waals surface area contributed by atoms with Gasteiger partial charge in [0.05, 0.1) is 21.9 Å². The molecule has 0 saturated heterocycles. The fourth-order valence-electron chi connectivity index (χ4n) is 2.68. The highest BCUT2D eigenvalue weighted by atomic mass is 35.5. The van der Waals surface area contributed by atoms with Crippen molar-refractivity contribution in [1.29, 1.82) is 0 Å². The summed E-state index contributed by atoms with van der Waals surface area (Å²) in [6.07, 6.45) is 9.20. The third kappa shape index (κ3) is 4.74. The summed E-state index contributed by atoms with van der Waals surface area (Å²) in [7, 11) is 0. The lowest BCUT2D eigenvalue weighted by Gasteiger charge is -2.15. The molecule has 132 valence electrons. The van der Waals surface area contributed by atoms with Gasteiger partial charge in [0, 0.05) is 24.5 Å². The van der Waals surface area contributed by atoms with E-state index in [-0.39, 0.29) is 22.7 Å². The van der Waals surface area contributed by atoms with Crippen LogP contribution in [0, 0.1) is 0 Å². The summed E-state index contributed by atoms with van der Waals surface area (Å²) >= 11 is 11.9. The topological polar surface area (TPSA) is 76.1 Å². The van der Waals surface area contributed by atoms with Crippen LogP contribution < -0.4 is 15.4 Å². The van der Waals surface area contributed by atoms with Crippen molar-refractivity contribution in [3.63, 3.8) is 0 Å². The van der Waals surface area contributed by atoms with Crippen LogP contribution in [0.5, 0.6) is 5.88 Å². The highest BCUT2D eigenvalue weighted by Gasteiger charge is 2.18. The van der Waals surface area contributed by atoms with Gasteiger partial charge >= 0.3 is 6.03 Å². The van der Waals surface area contributed by atoms with E-state index in [2.05, 4.69) is 20.6 Å². The summed E-state index contributed by atoms with van der Waals surface area (Å²) in [6, 6.07) is 3.28. The average Bonchev–Trinajstić information content (AvgIpc) is 3.11. The van der Waals surface area contributed by atoms with Crippen LogP contribution >= 0.6 is 23.2 Å². The minimum Gasteiger partial charge on any atom is -0.474 e. The Balaban J connectivity index is 1.59. The summed E-state index contributed by atoms with van der Waals surface area (Å²) in [5.41, 5.74) is 1.17. The molecular weight excluding hydrogens is 363 g/mol. The first-order chi connectivity index (χ1) is 12.1. The van der Waals surface area contributed by atoms with Crippen molar-refractivity contribution in [3.8, 4) is 5.88 Å². The molecule has 2 aromatic heterocycles. The normalized spacial score (nSPS) is 14.3. The predicted molar refractivity (Wildman–Crippen MR) is 97.2 cm³/mol. The van der Waals surface area contributed by atoms with E-state index in [1.54, 1.807) is 6.20 Å².